The Morgan fingerprint density at radius 2 is 1.76 bits per heavy atom. The van der Waals surface area contributed by atoms with Crippen molar-refractivity contribution >= 4 is 22.1 Å². The van der Waals surface area contributed by atoms with Crippen molar-refractivity contribution in [3.8, 4) is 11.5 Å². The Morgan fingerprint density at radius 3 is 2.46 bits per heavy atom. The molecule has 3 aliphatic heterocycles. The smallest absolute Gasteiger partial charge is 0.407 e. The van der Waals surface area contributed by atoms with Gasteiger partial charge in [-0.25, -0.2) is 18.0 Å². The van der Waals surface area contributed by atoms with Gasteiger partial charge in [-0.1, -0.05) is 44.2 Å². The van der Waals surface area contributed by atoms with Crippen LogP contribution in [0.15, 0.2) is 53.4 Å². The highest BCUT2D eigenvalue weighted by atomic mass is 32.2. The van der Waals surface area contributed by atoms with Crippen LogP contribution in [0.1, 0.15) is 46.1 Å². The molecular weight excluding hydrogens is 668 g/mol. The molecule has 5 rings (SSSR count). The number of fused-ring (bicyclic) bond motifs is 2. The Labute approximate surface area is 294 Å². The average Bonchev–Trinajstić information content (AvgIpc) is 3.83. The minimum absolute atomic E-state index is 0.0296. The molecule has 0 unspecified atom stereocenters. The van der Waals surface area contributed by atoms with E-state index in [1.165, 1.54) is 27.4 Å². The number of aliphatic hydroxyl groups excluding tert-OH is 1. The SMILES string of the molecule is CCN(CC)C(=O)NCCC(C)(C)CN(C[C@@H](O)[C@H](Cc1ccccc1)N(C(=O)O)[C@H]1CO[C@H]2OCC[C@H]21)S(=O)(=O)c1ccc2c(c1)OCO2. The first kappa shape index (κ1) is 37.6. The van der Waals surface area contributed by atoms with E-state index < -0.39 is 52.6 Å². The van der Waals surface area contributed by atoms with Gasteiger partial charge in [0.15, 0.2) is 17.8 Å². The summed E-state index contributed by atoms with van der Waals surface area (Å²) in [5.74, 6) is 0.502. The highest BCUT2D eigenvalue weighted by Crippen LogP contribution is 2.38. The Kier molecular flexibility index (Phi) is 12.2. The van der Waals surface area contributed by atoms with Crippen LogP contribution >= 0.6 is 0 Å². The van der Waals surface area contributed by atoms with Gasteiger partial charge in [-0.05, 0) is 56.2 Å². The lowest BCUT2D eigenvalue weighted by molar-refractivity contribution is -0.0906. The van der Waals surface area contributed by atoms with E-state index in [1.807, 2.05) is 58.0 Å². The number of sulfonamides is 1. The lowest BCUT2D eigenvalue weighted by atomic mass is 9.89. The standard InChI is InChI=1S/C35H50N4O10S/c1-5-37(6-2)33(41)36-16-15-35(3,4)22-38(50(44,45)25-12-13-30-31(19-25)49-23-48-30)20-29(40)27(18-24-10-8-7-9-11-24)39(34(42)43)28-21-47-32-26(28)14-17-46-32/h7-13,19,26-29,32,40H,5-6,14-18,20-23H2,1-4H3,(H,36,41)(H,42,43)/t26-,27-,28-,29+,32+/m0/s1. The van der Waals surface area contributed by atoms with Crippen LogP contribution in [0, 0.1) is 11.3 Å². The molecule has 14 nitrogen and oxygen atoms in total. The lowest BCUT2D eigenvalue weighted by Gasteiger charge is -2.40. The van der Waals surface area contributed by atoms with Crippen molar-refractivity contribution in [2.45, 2.75) is 76.3 Å². The molecule has 0 aliphatic carbocycles. The normalized spacial score (nSPS) is 21.1. The molecular formula is C35H50N4O10S. The molecule has 0 radical (unpaired) electrons. The topological polar surface area (TPSA) is 167 Å². The molecule has 3 N–H and O–H groups in total. The largest absolute Gasteiger partial charge is 0.465 e. The molecule has 15 heteroatoms. The number of carbonyl (C=O) groups is 2. The van der Waals surface area contributed by atoms with E-state index in [-0.39, 0.29) is 43.2 Å². The van der Waals surface area contributed by atoms with Crippen LogP contribution < -0.4 is 14.8 Å². The summed E-state index contributed by atoms with van der Waals surface area (Å²) in [6.07, 6.45) is -2.02. The van der Waals surface area contributed by atoms with Gasteiger partial charge in [-0.15, -0.1) is 0 Å². The molecule has 3 aliphatic rings. The molecule has 276 valence electrons. The van der Waals surface area contributed by atoms with Crippen LogP contribution in [-0.4, -0.2) is 122 Å². The van der Waals surface area contributed by atoms with Gasteiger partial charge in [0.05, 0.1) is 36.3 Å². The minimum atomic E-state index is -4.27. The first-order valence-corrected chi connectivity index (χ1v) is 18.7. The number of hydrogen-bond acceptors (Lipinski definition) is 9. The number of amides is 3. The summed E-state index contributed by atoms with van der Waals surface area (Å²) in [5.41, 5.74) is 0.116. The summed E-state index contributed by atoms with van der Waals surface area (Å²) in [6.45, 7) is 9.09. The van der Waals surface area contributed by atoms with Crippen LogP contribution in [-0.2, 0) is 25.9 Å². The van der Waals surface area contributed by atoms with E-state index in [0.29, 0.717) is 50.6 Å². The van der Waals surface area contributed by atoms with Crippen molar-refractivity contribution in [3.05, 3.63) is 54.1 Å². The van der Waals surface area contributed by atoms with Crippen molar-refractivity contribution in [1.82, 2.24) is 19.4 Å². The molecule has 2 fully saturated rings. The van der Waals surface area contributed by atoms with Gasteiger partial charge < -0.3 is 39.4 Å². The molecule has 2 aromatic rings. The maximum atomic E-state index is 14.5. The van der Waals surface area contributed by atoms with E-state index in [0.717, 1.165) is 5.56 Å². The number of nitrogens with zero attached hydrogens (tertiary/aromatic N) is 3. The number of ether oxygens (including phenoxy) is 4. The Hall–Kier alpha value is -3.63. The number of rotatable bonds is 16. The van der Waals surface area contributed by atoms with Crippen LogP contribution in [0.3, 0.4) is 0 Å². The van der Waals surface area contributed by atoms with E-state index in [1.54, 1.807) is 4.90 Å². The molecule has 50 heavy (non-hydrogen) atoms. The second kappa shape index (κ2) is 16.1. The second-order valence-corrected chi connectivity index (χ2v) is 15.7. The number of hydrogen-bond donors (Lipinski definition) is 3. The maximum Gasteiger partial charge on any atom is 0.407 e. The zero-order chi connectivity index (χ0) is 36.1. The van der Waals surface area contributed by atoms with Gasteiger partial charge in [0.2, 0.25) is 16.8 Å². The van der Waals surface area contributed by atoms with E-state index in [4.69, 9.17) is 18.9 Å². The molecule has 0 aromatic heterocycles. The third kappa shape index (κ3) is 8.62. The fourth-order valence-electron chi connectivity index (χ4n) is 6.99. The third-order valence-electron chi connectivity index (χ3n) is 9.78. The second-order valence-electron chi connectivity index (χ2n) is 13.7. The maximum absolute atomic E-state index is 14.5. The number of benzene rings is 2. The number of urea groups is 1. The average molecular weight is 719 g/mol. The Balaban J connectivity index is 1.45. The van der Waals surface area contributed by atoms with Crippen LogP contribution in [0.2, 0.25) is 0 Å². The van der Waals surface area contributed by atoms with E-state index in [2.05, 4.69) is 5.32 Å². The van der Waals surface area contributed by atoms with Crippen LogP contribution in [0.5, 0.6) is 11.5 Å². The predicted octanol–water partition coefficient (Wildman–Crippen LogP) is 3.59. The van der Waals surface area contributed by atoms with Crippen molar-refractivity contribution in [3.63, 3.8) is 0 Å². The predicted molar refractivity (Wildman–Crippen MR) is 183 cm³/mol. The molecule has 3 heterocycles. The fourth-order valence-corrected chi connectivity index (χ4v) is 8.65. The molecule has 0 spiro atoms. The summed E-state index contributed by atoms with van der Waals surface area (Å²) in [7, 11) is -4.27. The van der Waals surface area contributed by atoms with Gasteiger partial charge >= 0.3 is 12.1 Å². The first-order valence-electron chi connectivity index (χ1n) is 17.2. The summed E-state index contributed by atoms with van der Waals surface area (Å²) in [5, 5.41) is 25.7. The van der Waals surface area contributed by atoms with Gasteiger partial charge in [-0.3, -0.25) is 4.90 Å². The first-order chi connectivity index (χ1) is 23.8. The third-order valence-corrected chi connectivity index (χ3v) is 11.6. The van der Waals surface area contributed by atoms with Gasteiger partial charge in [0.1, 0.15) is 0 Å². The molecule has 2 aromatic carbocycles. The van der Waals surface area contributed by atoms with Crippen molar-refractivity contribution in [1.29, 1.82) is 0 Å². The Morgan fingerprint density at radius 1 is 1.04 bits per heavy atom. The number of nitrogens with one attached hydrogen (secondary N) is 1. The minimum Gasteiger partial charge on any atom is -0.465 e. The van der Waals surface area contributed by atoms with E-state index in [9.17, 15) is 28.2 Å². The molecule has 0 saturated carbocycles. The Bertz CT molecular complexity index is 1570. The van der Waals surface area contributed by atoms with Crippen molar-refractivity contribution in [2.24, 2.45) is 11.3 Å². The summed E-state index contributed by atoms with van der Waals surface area (Å²) < 4.78 is 52.5. The monoisotopic (exact) mass is 718 g/mol. The van der Waals surface area contributed by atoms with Crippen molar-refractivity contribution in [2.75, 3.05) is 52.7 Å². The summed E-state index contributed by atoms with van der Waals surface area (Å²) in [6, 6.07) is 11.8. The zero-order valence-electron chi connectivity index (χ0n) is 29.2. The fraction of sp³-hybridized carbons (Fsp3) is 0.600. The van der Waals surface area contributed by atoms with Crippen molar-refractivity contribution < 1.29 is 47.2 Å². The van der Waals surface area contributed by atoms with Gasteiger partial charge in [-0.2, -0.15) is 4.31 Å². The lowest BCUT2D eigenvalue weighted by Crippen LogP contribution is -2.58. The quantitative estimate of drug-likeness (QED) is 0.234. The number of aliphatic hydroxyl groups is 1. The van der Waals surface area contributed by atoms with Gasteiger partial charge in [0.25, 0.3) is 0 Å². The molecule has 2 saturated heterocycles. The van der Waals surface area contributed by atoms with Crippen LogP contribution in [0.25, 0.3) is 0 Å². The molecule has 0 bridgehead atoms. The summed E-state index contributed by atoms with van der Waals surface area (Å²) >= 11 is 0. The number of carboxylic acid groups (broad SMARTS) is 1. The summed E-state index contributed by atoms with van der Waals surface area (Å²) in [4.78, 5) is 28.5. The zero-order valence-corrected chi connectivity index (χ0v) is 30.0. The number of carbonyl (C=O) groups excluding carboxylic acids is 1. The molecule has 3 amide bonds. The highest BCUT2D eigenvalue weighted by molar-refractivity contribution is 7.89. The van der Waals surface area contributed by atoms with Gasteiger partial charge in [0, 0.05) is 44.7 Å². The molecule has 5 atom stereocenters. The van der Waals surface area contributed by atoms with Crippen LogP contribution in [0.4, 0.5) is 9.59 Å². The highest BCUT2D eigenvalue weighted by Gasteiger charge is 2.49. The van der Waals surface area contributed by atoms with E-state index >= 15 is 0 Å².